The van der Waals surface area contributed by atoms with E-state index in [4.69, 9.17) is 0 Å². The Kier molecular flexibility index (Phi) is 6.28. The summed E-state index contributed by atoms with van der Waals surface area (Å²) in [7, 11) is 2.12. The van der Waals surface area contributed by atoms with Crippen LogP contribution in [-0.2, 0) is 4.79 Å². The number of hydrogen-bond acceptors (Lipinski definition) is 5. The highest BCUT2D eigenvalue weighted by Crippen LogP contribution is 2.22. The van der Waals surface area contributed by atoms with Gasteiger partial charge in [-0.1, -0.05) is 18.2 Å². The molecule has 3 heterocycles. The van der Waals surface area contributed by atoms with Crippen LogP contribution in [0.5, 0.6) is 0 Å². The number of anilines is 2. The van der Waals surface area contributed by atoms with Crippen molar-refractivity contribution in [2.45, 2.75) is 12.8 Å². The zero-order chi connectivity index (χ0) is 20.9. The van der Waals surface area contributed by atoms with Crippen molar-refractivity contribution in [1.29, 1.82) is 0 Å². The van der Waals surface area contributed by atoms with E-state index in [1.54, 1.807) is 11.1 Å². The SMILES string of the molecule is CN1CCN(c2ccnc(C(=O)N3CCC[C@H](C(=O)Nc4ccccc4)C3)c2)CC1. The number of piperidine rings is 1. The smallest absolute Gasteiger partial charge is 0.272 e. The molecule has 7 nitrogen and oxygen atoms in total. The van der Waals surface area contributed by atoms with Crippen LogP contribution in [-0.4, -0.2) is 72.9 Å². The number of para-hydroxylation sites is 1. The van der Waals surface area contributed by atoms with Crippen molar-refractivity contribution in [3.8, 4) is 0 Å². The van der Waals surface area contributed by atoms with E-state index in [2.05, 4.69) is 27.1 Å². The third kappa shape index (κ3) is 4.79. The summed E-state index contributed by atoms with van der Waals surface area (Å²) in [5.74, 6) is -0.329. The fourth-order valence-electron chi connectivity index (χ4n) is 4.10. The number of nitrogens with one attached hydrogen (secondary N) is 1. The first-order chi connectivity index (χ1) is 14.6. The van der Waals surface area contributed by atoms with Gasteiger partial charge in [-0.05, 0) is 44.2 Å². The third-order valence-corrected chi connectivity index (χ3v) is 5.95. The monoisotopic (exact) mass is 407 g/mol. The van der Waals surface area contributed by atoms with Gasteiger partial charge in [0, 0.05) is 56.8 Å². The standard InChI is InChI=1S/C23H29N5O2/c1-26-12-14-27(15-13-26)20-9-10-24-21(16-20)23(30)28-11-5-6-18(17-28)22(29)25-19-7-3-2-4-8-19/h2-4,7-10,16,18H,5-6,11-15,17H2,1H3,(H,25,29)/t18-/m0/s1. The molecule has 0 radical (unpaired) electrons. The van der Waals surface area contributed by atoms with E-state index < -0.39 is 0 Å². The van der Waals surface area contributed by atoms with Crippen LogP contribution in [0.3, 0.4) is 0 Å². The molecule has 4 rings (SSSR count). The minimum absolute atomic E-state index is 0.0298. The minimum Gasteiger partial charge on any atom is -0.369 e. The minimum atomic E-state index is -0.205. The Morgan fingerprint density at radius 1 is 1.03 bits per heavy atom. The Hall–Kier alpha value is -2.93. The summed E-state index contributed by atoms with van der Waals surface area (Å²) in [4.78, 5) is 36.5. The van der Waals surface area contributed by atoms with E-state index in [0.29, 0.717) is 18.8 Å². The predicted octanol–water partition coefficient (Wildman–Crippen LogP) is 2.32. The maximum atomic E-state index is 13.1. The summed E-state index contributed by atoms with van der Waals surface area (Å²) in [6.45, 7) is 5.00. The van der Waals surface area contributed by atoms with Crippen molar-refractivity contribution in [2.24, 2.45) is 5.92 Å². The van der Waals surface area contributed by atoms with Gasteiger partial charge in [0.25, 0.3) is 5.91 Å². The number of carbonyl (C=O) groups is 2. The van der Waals surface area contributed by atoms with Gasteiger partial charge in [0.2, 0.25) is 5.91 Å². The van der Waals surface area contributed by atoms with E-state index in [1.807, 2.05) is 42.5 Å². The molecule has 0 unspecified atom stereocenters. The number of aromatic nitrogens is 1. The Morgan fingerprint density at radius 2 is 1.80 bits per heavy atom. The first-order valence-electron chi connectivity index (χ1n) is 10.6. The molecule has 2 fully saturated rings. The van der Waals surface area contributed by atoms with Crippen LogP contribution in [0, 0.1) is 5.92 Å². The molecule has 2 amide bonds. The Bertz CT molecular complexity index is 880. The van der Waals surface area contributed by atoms with Crippen molar-refractivity contribution in [1.82, 2.24) is 14.8 Å². The van der Waals surface area contributed by atoms with Crippen LogP contribution in [0.1, 0.15) is 23.3 Å². The lowest BCUT2D eigenvalue weighted by Crippen LogP contribution is -2.45. The maximum Gasteiger partial charge on any atom is 0.272 e. The highest BCUT2D eigenvalue weighted by molar-refractivity contribution is 5.95. The number of likely N-dealkylation sites (N-methyl/N-ethyl adjacent to an activating group) is 1. The number of pyridine rings is 1. The molecule has 2 aliphatic rings. The van der Waals surface area contributed by atoms with Crippen LogP contribution in [0.2, 0.25) is 0 Å². The molecular weight excluding hydrogens is 378 g/mol. The number of likely N-dealkylation sites (tertiary alicyclic amines) is 1. The van der Waals surface area contributed by atoms with Crippen LogP contribution in [0.25, 0.3) is 0 Å². The zero-order valence-corrected chi connectivity index (χ0v) is 17.5. The van der Waals surface area contributed by atoms with Crippen LogP contribution < -0.4 is 10.2 Å². The fourth-order valence-corrected chi connectivity index (χ4v) is 4.10. The molecule has 1 aromatic carbocycles. The summed E-state index contributed by atoms with van der Waals surface area (Å²) in [6.07, 6.45) is 3.32. The number of piperazine rings is 1. The molecule has 158 valence electrons. The maximum absolute atomic E-state index is 13.1. The summed E-state index contributed by atoms with van der Waals surface area (Å²) in [5.41, 5.74) is 2.28. The van der Waals surface area contributed by atoms with Gasteiger partial charge in [0.15, 0.2) is 0 Å². The van der Waals surface area contributed by atoms with E-state index in [1.165, 1.54) is 0 Å². The van der Waals surface area contributed by atoms with E-state index in [9.17, 15) is 9.59 Å². The van der Waals surface area contributed by atoms with Crippen molar-refractivity contribution in [3.63, 3.8) is 0 Å². The van der Waals surface area contributed by atoms with Gasteiger partial charge >= 0.3 is 0 Å². The second-order valence-electron chi connectivity index (χ2n) is 8.14. The molecule has 0 aliphatic carbocycles. The largest absolute Gasteiger partial charge is 0.369 e. The van der Waals surface area contributed by atoms with Crippen molar-refractivity contribution in [2.75, 3.05) is 56.5 Å². The number of benzene rings is 1. The van der Waals surface area contributed by atoms with Gasteiger partial charge in [-0.2, -0.15) is 0 Å². The zero-order valence-electron chi connectivity index (χ0n) is 17.5. The molecule has 0 spiro atoms. The van der Waals surface area contributed by atoms with Gasteiger partial charge < -0.3 is 20.0 Å². The van der Waals surface area contributed by atoms with E-state index in [0.717, 1.165) is 50.4 Å². The predicted molar refractivity (Wildman–Crippen MR) is 118 cm³/mol. The summed E-state index contributed by atoms with van der Waals surface area (Å²) >= 11 is 0. The molecule has 1 N–H and O–H groups in total. The van der Waals surface area contributed by atoms with Crippen molar-refractivity contribution >= 4 is 23.2 Å². The Balaban J connectivity index is 1.40. The molecule has 2 aliphatic heterocycles. The molecule has 2 saturated heterocycles. The fraction of sp³-hybridized carbons (Fsp3) is 0.435. The highest BCUT2D eigenvalue weighted by Gasteiger charge is 2.30. The number of carbonyl (C=O) groups excluding carboxylic acids is 2. The van der Waals surface area contributed by atoms with Crippen molar-refractivity contribution in [3.05, 3.63) is 54.4 Å². The van der Waals surface area contributed by atoms with Gasteiger partial charge in [0.1, 0.15) is 5.69 Å². The van der Waals surface area contributed by atoms with Gasteiger partial charge in [-0.15, -0.1) is 0 Å². The molecule has 7 heteroatoms. The normalized spacial score (nSPS) is 20.1. The Morgan fingerprint density at radius 3 is 2.57 bits per heavy atom. The lowest BCUT2D eigenvalue weighted by molar-refractivity contribution is -0.121. The number of amides is 2. The molecule has 1 atom stereocenters. The summed E-state index contributed by atoms with van der Waals surface area (Å²) in [5, 5.41) is 2.96. The first kappa shape index (κ1) is 20.3. The summed E-state index contributed by atoms with van der Waals surface area (Å²) < 4.78 is 0. The molecule has 1 aromatic heterocycles. The average molecular weight is 408 g/mol. The lowest BCUT2D eigenvalue weighted by atomic mass is 9.96. The summed E-state index contributed by atoms with van der Waals surface area (Å²) in [6, 6.07) is 13.3. The molecular formula is C23H29N5O2. The second kappa shape index (κ2) is 9.26. The van der Waals surface area contributed by atoms with Crippen LogP contribution in [0.4, 0.5) is 11.4 Å². The number of rotatable bonds is 4. The van der Waals surface area contributed by atoms with Gasteiger partial charge in [0.05, 0.1) is 5.92 Å². The first-order valence-corrected chi connectivity index (χ1v) is 10.6. The molecule has 2 aromatic rings. The number of hydrogen-bond donors (Lipinski definition) is 1. The van der Waals surface area contributed by atoms with Crippen LogP contribution in [0.15, 0.2) is 48.7 Å². The third-order valence-electron chi connectivity index (χ3n) is 5.95. The Labute approximate surface area is 177 Å². The second-order valence-corrected chi connectivity index (χ2v) is 8.14. The topological polar surface area (TPSA) is 68.8 Å². The van der Waals surface area contributed by atoms with Gasteiger partial charge in [-0.3, -0.25) is 14.6 Å². The van der Waals surface area contributed by atoms with Crippen molar-refractivity contribution < 1.29 is 9.59 Å². The molecule has 0 bridgehead atoms. The average Bonchev–Trinajstić information content (AvgIpc) is 2.80. The van der Waals surface area contributed by atoms with Gasteiger partial charge in [-0.25, -0.2) is 0 Å². The molecule has 0 saturated carbocycles. The number of nitrogens with zero attached hydrogens (tertiary/aromatic N) is 4. The quantitative estimate of drug-likeness (QED) is 0.843. The lowest BCUT2D eigenvalue weighted by Gasteiger charge is -2.34. The van der Waals surface area contributed by atoms with Crippen LogP contribution >= 0.6 is 0 Å². The van der Waals surface area contributed by atoms with E-state index >= 15 is 0 Å². The highest BCUT2D eigenvalue weighted by atomic mass is 16.2. The molecule has 30 heavy (non-hydrogen) atoms. The van der Waals surface area contributed by atoms with E-state index in [-0.39, 0.29) is 17.7 Å².